The summed E-state index contributed by atoms with van der Waals surface area (Å²) in [4.78, 5) is 11.3. The van der Waals surface area contributed by atoms with Crippen LogP contribution in [0.4, 0.5) is 0 Å². The van der Waals surface area contributed by atoms with Crippen molar-refractivity contribution < 1.29 is 4.79 Å². The summed E-state index contributed by atoms with van der Waals surface area (Å²) in [7, 11) is 0. The minimum absolute atomic E-state index is 0.0269. The summed E-state index contributed by atoms with van der Waals surface area (Å²) in [6.07, 6.45) is 3.47. The highest BCUT2D eigenvalue weighted by molar-refractivity contribution is 5.76. The quantitative estimate of drug-likeness (QED) is 0.657. The second-order valence-electron chi connectivity index (χ2n) is 4.29. The van der Waals surface area contributed by atoms with Crippen molar-refractivity contribution in [3.05, 3.63) is 0 Å². The minimum atomic E-state index is 0.0269. The molecule has 0 aromatic heterocycles. The monoisotopic (exact) mass is 200 g/mol. The Hall–Kier alpha value is -0.570. The van der Waals surface area contributed by atoms with Crippen molar-refractivity contribution in [3.8, 4) is 0 Å². The predicted octanol–water partition coefficient (Wildman–Crippen LogP) is 1.67. The molecule has 0 bridgehead atoms. The Balaban J connectivity index is 3.45. The van der Waals surface area contributed by atoms with Gasteiger partial charge in [-0.25, -0.2) is 0 Å². The number of hydrogen-bond acceptors (Lipinski definition) is 2. The van der Waals surface area contributed by atoms with Crippen molar-refractivity contribution in [2.75, 3.05) is 6.54 Å². The van der Waals surface area contributed by atoms with Gasteiger partial charge >= 0.3 is 0 Å². The minimum Gasteiger partial charge on any atom is -0.356 e. The normalized spacial score (nSPS) is 12.9. The van der Waals surface area contributed by atoms with Crippen molar-refractivity contribution in [2.45, 2.75) is 52.5 Å². The van der Waals surface area contributed by atoms with E-state index in [0.717, 1.165) is 25.8 Å². The van der Waals surface area contributed by atoms with E-state index in [2.05, 4.69) is 26.1 Å². The molecule has 84 valence electrons. The summed E-state index contributed by atoms with van der Waals surface area (Å²) in [5.74, 6) is 0.728. The van der Waals surface area contributed by atoms with Gasteiger partial charge in [0.25, 0.3) is 0 Å². The van der Waals surface area contributed by atoms with Crippen LogP contribution in [0.3, 0.4) is 0 Å². The maximum absolute atomic E-state index is 11.3. The first-order valence-electron chi connectivity index (χ1n) is 5.58. The summed E-state index contributed by atoms with van der Waals surface area (Å²) >= 11 is 0. The highest BCUT2D eigenvalue weighted by atomic mass is 16.1. The van der Waals surface area contributed by atoms with Crippen LogP contribution >= 0.6 is 0 Å². The molecule has 3 N–H and O–H groups in total. The SMILES string of the molecule is CCCC(N)CC(=O)NCCC(C)C. The van der Waals surface area contributed by atoms with Gasteiger partial charge in [-0.3, -0.25) is 4.79 Å². The molecule has 0 heterocycles. The molecule has 1 atom stereocenters. The van der Waals surface area contributed by atoms with Crippen LogP contribution in [-0.4, -0.2) is 18.5 Å². The van der Waals surface area contributed by atoms with Crippen LogP contribution in [0.15, 0.2) is 0 Å². The first kappa shape index (κ1) is 13.4. The van der Waals surface area contributed by atoms with E-state index in [-0.39, 0.29) is 11.9 Å². The van der Waals surface area contributed by atoms with Gasteiger partial charge in [-0.1, -0.05) is 27.2 Å². The average Bonchev–Trinajstić information content (AvgIpc) is 2.03. The Morgan fingerprint density at radius 1 is 1.36 bits per heavy atom. The van der Waals surface area contributed by atoms with E-state index in [1.54, 1.807) is 0 Å². The topological polar surface area (TPSA) is 55.1 Å². The lowest BCUT2D eigenvalue weighted by atomic mass is 10.1. The maximum Gasteiger partial charge on any atom is 0.221 e. The first-order valence-corrected chi connectivity index (χ1v) is 5.58. The van der Waals surface area contributed by atoms with E-state index in [1.807, 2.05) is 0 Å². The molecule has 0 aliphatic heterocycles. The standard InChI is InChI=1S/C11H24N2O/c1-4-5-10(12)8-11(14)13-7-6-9(2)3/h9-10H,4-8,12H2,1-3H3,(H,13,14). The van der Waals surface area contributed by atoms with Crippen molar-refractivity contribution in [2.24, 2.45) is 11.7 Å². The fraction of sp³-hybridized carbons (Fsp3) is 0.909. The number of hydrogen-bond donors (Lipinski definition) is 2. The summed E-state index contributed by atoms with van der Waals surface area (Å²) in [5.41, 5.74) is 5.76. The smallest absolute Gasteiger partial charge is 0.221 e. The molecule has 0 saturated carbocycles. The molecule has 3 heteroatoms. The highest BCUT2D eigenvalue weighted by Gasteiger charge is 2.07. The molecule has 0 aromatic carbocycles. The first-order chi connectivity index (χ1) is 6.56. The fourth-order valence-corrected chi connectivity index (χ4v) is 1.28. The van der Waals surface area contributed by atoms with Gasteiger partial charge in [0.2, 0.25) is 5.91 Å². The Kier molecular flexibility index (Phi) is 7.48. The van der Waals surface area contributed by atoms with Gasteiger partial charge in [0, 0.05) is 19.0 Å². The Labute approximate surface area is 87.4 Å². The molecular formula is C11H24N2O. The Morgan fingerprint density at radius 3 is 2.50 bits per heavy atom. The molecule has 3 nitrogen and oxygen atoms in total. The molecule has 14 heavy (non-hydrogen) atoms. The number of carbonyl (C=O) groups is 1. The van der Waals surface area contributed by atoms with Crippen molar-refractivity contribution in [1.29, 1.82) is 0 Å². The van der Waals surface area contributed by atoms with Crippen molar-refractivity contribution in [3.63, 3.8) is 0 Å². The van der Waals surface area contributed by atoms with Gasteiger partial charge in [0.1, 0.15) is 0 Å². The molecule has 0 aliphatic rings. The molecule has 1 amide bonds. The molecule has 0 aromatic rings. The lowest BCUT2D eigenvalue weighted by Gasteiger charge is -2.11. The molecule has 1 unspecified atom stereocenters. The molecular weight excluding hydrogens is 176 g/mol. The van der Waals surface area contributed by atoms with Gasteiger partial charge in [0.05, 0.1) is 0 Å². The molecule has 0 radical (unpaired) electrons. The Morgan fingerprint density at radius 2 is 2.00 bits per heavy atom. The number of rotatable bonds is 7. The maximum atomic E-state index is 11.3. The second kappa shape index (κ2) is 7.80. The number of amides is 1. The second-order valence-corrected chi connectivity index (χ2v) is 4.29. The molecule has 0 saturated heterocycles. The van der Waals surface area contributed by atoms with E-state index in [1.165, 1.54) is 0 Å². The number of nitrogens with one attached hydrogen (secondary N) is 1. The van der Waals surface area contributed by atoms with E-state index in [4.69, 9.17) is 5.73 Å². The van der Waals surface area contributed by atoms with Crippen LogP contribution in [0.1, 0.15) is 46.5 Å². The summed E-state index contributed by atoms with van der Waals surface area (Å²) in [6, 6.07) is 0.0269. The lowest BCUT2D eigenvalue weighted by molar-refractivity contribution is -0.121. The van der Waals surface area contributed by atoms with Gasteiger partial charge in [-0.15, -0.1) is 0 Å². The van der Waals surface area contributed by atoms with E-state index in [0.29, 0.717) is 12.3 Å². The molecule has 0 rings (SSSR count). The zero-order valence-corrected chi connectivity index (χ0v) is 9.68. The van der Waals surface area contributed by atoms with E-state index >= 15 is 0 Å². The van der Waals surface area contributed by atoms with Crippen LogP contribution in [0.2, 0.25) is 0 Å². The molecule has 0 spiro atoms. The van der Waals surface area contributed by atoms with Crippen LogP contribution in [0.25, 0.3) is 0 Å². The number of nitrogens with two attached hydrogens (primary N) is 1. The third-order valence-electron chi connectivity index (χ3n) is 2.15. The predicted molar refractivity (Wildman–Crippen MR) is 60.0 cm³/mol. The zero-order valence-electron chi connectivity index (χ0n) is 9.68. The zero-order chi connectivity index (χ0) is 11.0. The third-order valence-corrected chi connectivity index (χ3v) is 2.15. The van der Waals surface area contributed by atoms with Crippen LogP contribution in [-0.2, 0) is 4.79 Å². The van der Waals surface area contributed by atoms with E-state index < -0.39 is 0 Å². The van der Waals surface area contributed by atoms with Crippen molar-refractivity contribution in [1.82, 2.24) is 5.32 Å². The molecule has 0 aliphatic carbocycles. The largest absolute Gasteiger partial charge is 0.356 e. The lowest BCUT2D eigenvalue weighted by Crippen LogP contribution is -2.32. The summed E-state index contributed by atoms with van der Waals surface area (Å²) < 4.78 is 0. The van der Waals surface area contributed by atoms with Gasteiger partial charge in [-0.2, -0.15) is 0 Å². The Bertz CT molecular complexity index is 157. The summed E-state index contributed by atoms with van der Waals surface area (Å²) in [5, 5.41) is 2.88. The third kappa shape index (κ3) is 8.05. The van der Waals surface area contributed by atoms with Gasteiger partial charge in [0.15, 0.2) is 0 Å². The van der Waals surface area contributed by atoms with Crippen LogP contribution in [0.5, 0.6) is 0 Å². The van der Waals surface area contributed by atoms with Gasteiger partial charge in [-0.05, 0) is 18.8 Å². The van der Waals surface area contributed by atoms with Gasteiger partial charge < -0.3 is 11.1 Å². The molecule has 0 fully saturated rings. The average molecular weight is 200 g/mol. The van der Waals surface area contributed by atoms with Crippen molar-refractivity contribution >= 4 is 5.91 Å². The van der Waals surface area contributed by atoms with Crippen LogP contribution in [0, 0.1) is 5.92 Å². The highest BCUT2D eigenvalue weighted by Crippen LogP contribution is 1.99. The number of carbonyl (C=O) groups excluding carboxylic acids is 1. The fourth-order valence-electron chi connectivity index (χ4n) is 1.28. The van der Waals surface area contributed by atoms with E-state index in [9.17, 15) is 4.79 Å². The van der Waals surface area contributed by atoms with Crippen LogP contribution < -0.4 is 11.1 Å². The summed E-state index contributed by atoms with van der Waals surface area (Å²) in [6.45, 7) is 7.15.